The molecule has 1 aromatic heterocycles. The van der Waals surface area contributed by atoms with Gasteiger partial charge in [-0.2, -0.15) is 0 Å². The fourth-order valence-corrected chi connectivity index (χ4v) is 1.56. The molecule has 18 heavy (non-hydrogen) atoms. The van der Waals surface area contributed by atoms with Crippen molar-refractivity contribution in [2.24, 2.45) is 5.92 Å². The van der Waals surface area contributed by atoms with E-state index < -0.39 is 0 Å². The largest absolute Gasteiger partial charge is 0.445 e. The van der Waals surface area contributed by atoms with E-state index in [-0.39, 0.29) is 6.61 Å². The second-order valence-electron chi connectivity index (χ2n) is 4.03. The summed E-state index contributed by atoms with van der Waals surface area (Å²) >= 11 is 0. The third kappa shape index (κ3) is 5.15. The molecule has 0 aliphatic carbocycles. The number of aliphatic hydroxyl groups is 1. The van der Waals surface area contributed by atoms with Crippen LogP contribution in [0.1, 0.15) is 31.4 Å². The van der Waals surface area contributed by atoms with Gasteiger partial charge in [-0.15, -0.1) is 6.58 Å². The van der Waals surface area contributed by atoms with Gasteiger partial charge in [0, 0.05) is 13.0 Å². The summed E-state index contributed by atoms with van der Waals surface area (Å²) in [7, 11) is 0. The molecule has 0 aromatic carbocycles. The first-order chi connectivity index (χ1) is 8.80. The Kier molecular flexibility index (Phi) is 6.81. The van der Waals surface area contributed by atoms with Crippen LogP contribution in [0.2, 0.25) is 0 Å². The highest BCUT2D eigenvalue weighted by Gasteiger charge is 2.01. The second-order valence-corrected chi connectivity index (χ2v) is 4.03. The molecule has 0 saturated carbocycles. The molecule has 1 heterocycles. The fraction of sp³-hybridized carbons (Fsp3) is 0.400. The number of allylic oxidation sites excluding steroid dienone is 4. The van der Waals surface area contributed by atoms with Gasteiger partial charge >= 0.3 is 0 Å². The maximum atomic E-state index is 8.79. The third-order valence-corrected chi connectivity index (χ3v) is 2.48. The van der Waals surface area contributed by atoms with Crippen LogP contribution in [0.15, 0.2) is 41.6 Å². The minimum absolute atomic E-state index is 0.0913. The molecule has 1 N–H and O–H groups in total. The Labute approximate surface area is 109 Å². The summed E-state index contributed by atoms with van der Waals surface area (Å²) < 4.78 is 5.29. The zero-order valence-corrected chi connectivity index (χ0v) is 10.9. The molecule has 1 unspecified atom stereocenters. The molecule has 0 spiro atoms. The van der Waals surface area contributed by atoms with E-state index in [1.165, 1.54) is 0 Å². The fourth-order valence-electron chi connectivity index (χ4n) is 1.56. The minimum atomic E-state index is 0.0913. The Morgan fingerprint density at radius 2 is 2.33 bits per heavy atom. The number of hydrogen-bond acceptors (Lipinski definition) is 3. The van der Waals surface area contributed by atoms with Crippen LogP contribution in [0.3, 0.4) is 0 Å². The van der Waals surface area contributed by atoms with Crippen molar-refractivity contribution < 1.29 is 9.52 Å². The van der Waals surface area contributed by atoms with Crippen LogP contribution in [-0.2, 0) is 6.42 Å². The van der Waals surface area contributed by atoms with E-state index in [0.29, 0.717) is 18.2 Å². The van der Waals surface area contributed by atoms with Crippen molar-refractivity contribution >= 4 is 6.08 Å². The lowest BCUT2D eigenvalue weighted by atomic mass is 10.0. The molecule has 0 fully saturated rings. The number of rotatable bonds is 8. The summed E-state index contributed by atoms with van der Waals surface area (Å²) in [5.74, 6) is 0.910. The average Bonchev–Trinajstić information content (AvgIpc) is 2.81. The quantitative estimate of drug-likeness (QED) is 0.716. The van der Waals surface area contributed by atoms with Gasteiger partial charge in [0.25, 0.3) is 0 Å². The predicted octanol–water partition coefficient (Wildman–Crippen LogP) is 3.38. The zero-order chi connectivity index (χ0) is 13.2. The molecule has 1 aromatic rings. The van der Waals surface area contributed by atoms with Crippen LogP contribution in [0.25, 0.3) is 6.08 Å². The van der Waals surface area contributed by atoms with Crippen molar-refractivity contribution in [1.82, 2.24) is 4.98 Å². The smallest absolute Gasteiger partial charge is 0.218 e. The number of nitrogens with zero attached hydrogens (tertiary/aromatic N) is 1. The third-order valence-electron chi connectivity index (χ3n) is 2.48. The van der Waals surface area contributed by atoms with Crippen LogP contribution in [-0.4, -0.2) is 16.7 Å². The van der Waals surface area contributed by atoms with Gasteiger partial charge in [0.05, 0.1) is 5.69 Å². The first-order valence-corrected chi connectivity index (χ1v) is 6.31. The SMILES string of the molecule is C=CCC(/C=C\CC)/C=C/c1nc(CCO)co1. The summed E-state index contributed by atoms with van der Waals surface area (Å²) in [4.78, 5) is 4.25. The van der Waals surface area contributed by atoms with Crippen molar-refractivity contribution in [2.45, 2.75) is 26.2 Å². The molecule has 98 valence electrons. The Balaban J connectivity index is 2.62. The van der Waals surface area contributed by atoms with Crippen molar-refractivity contribution in [1.29, 1.82) is 0 Å². The molecule has 0 saturated heterocycles. The van der Waals surface area contributed by atoms with Gasteiger partial charge in [-0.1, -0.05) is 31.2 Å². The van der Waals surface area contributed by atoms with Gasteiger partial charge in [-0.3, -0.25) is 0 Å². The lowest BCUT2D eigenvalue weighted by molar-refractivity contribution is 0.298. The second kappa shape index (κ2) is 8.48. The monoisotopic (exact) mass is 247 g/mol. The highest BCUT2D eigenvalue weighted by Crippen LogP contribution is 2.12. The first kappa shape index (κ1) is 14.5. The van der Waals surface area contributed by atoms with Gasteiger partial charge in [-0.25, -0.2) is 4.98 Å². The number of hydrogen-bond donors (Lipinski definition) is 1. The maximum Gasteiger partial charge on any atom is 0.218 e. The summed E-state index contributed by atoms with van der Waals surface area (Å²) in [5.41, 5.74) is 0.779. The van der Waals surface area contributed by atoms with Crippen LogP contribution in [0, 0.1) is 5.92 Å². The minimum Gasteiger partial charge on any atom is -0.445 e. The van der Waals surface area contributed by atoms with E-state index in [1.54, 1.807) is 6.26 Å². The molecule has 1 atom stereocenters. The van der Waals surface area contributed by atoms with Crippen LogP contribution < -0.4 is 0 Å². The molecule has 0 aliphatic heterocycles. The molecular formula is C15H21NO2. The molecule has 0 aliphatic rings. The van der Waals surface area contributed by atoms with Crippen molar-refractivity contribution in [3.05, 3.63) is 48.7 Å². The van der Waals surface area contributed by atoms with Gasteiger partial charge < -0.3 is 9.52 Å². The van der Waals surface area contributed by atoms with Crippen molar-refractivity contribution in [3.63, 3.8) is 0 Å². The lowest BCUT2D eigenvalue weighted by Crippen LogP contribution is -1.91. The van der Waals surface area contributed by atoms with E-state index in [9.17, 15) is 0 Å². The van der Waals surface area contributed by atoms with E-state index in [4.69, 9.17) is 9.52 Å². The van der Waals surface area contributed by atoms with Crippen LogP contribution in [0.4, 0.5) is 0 Å². The molecule has 1 rings (SSSR count). The van der Waals surface area contributed by atoms with E-state index in [1.807, 2.05) is 12.2 Å². The Morgan fingerprint density at radius 3 is 3.00 bits per heavy atom. The van der Waals surface area contributed by atoms with Gasteiger partial charge in [-0.05, 0) is 24.8 Å². The first-order valence-electron chi connectivity index (χ1n) is 6.31. The van der Waals surface area contributed by atoms with E-state index in [2.05, 4.69) is 36.7 Å². The number of aromatic nitrogens is 1. The summed E-state index contributed by atoms with van der Waals surface area (Å²) in [6, 6.07) is 0. The summed E-state index contributed by atoms with van der Waals surface area (Å²) in [6.07, 6.45) is 14.2. The zero-order valence-electron chi connectivity index (χ0n) is 10.9. The van der Waals surface area contributed by atoms with Crippen LogP contribution in [0.5, 0.6) is 0 Å². The van der Waals surface area contributed by atoms with Crippen LogP contribution >= 0.6 is 0 Å². The molecule has 3 nitrogen and oxygen atoms in total. The predicted molar refractivity (Wildman–Crippen MR) is 74.1 cm³/mol. The number of oxazole rings is 1. The highest BCUT2D eigenvalue weighted by atomic mass is 16.3. The van der Waals surface area contributed by atoms with Gasteiger partial charge in [0.2, 0.25) is 5.89 Å². The average molecular weight is 247 g/mol. The molecule has 0 bridgehead atoms. The Hall–Kier alpha value is -1.61. The highest BCUT2D eigenvalue weighted by molar-refractivity contribution is 5.39. The maximum absolute atomic E-state index is 8.79. The van der Waals surface area contributed by atoms with Crippen molar-refractivity contribution in [3.8, 4) is 0 Å². The van der Waals surface area contributed by atoms with E-state index in [0.717, 1.165) is 18.5 Å². The molecule has 3 heteroatoms. The molecule has 0 amide bonds. The van der Waals surface area contributed by atoms with Gasteiger partial charge in [0.15, 0.2) is 0 Å². The number of aliphatic hydroxyl groups excluding tert-OH is 1. The summed E-state index contributed by atoms with van der Waals surface area (Å²) in [6.45, 7) is 5.96. The topological polar surface area (TPSA) is 46.3 Å². The standard InChI is InChI=1S/C15H21NO2/c1-3-5-7-13(6-4-2)8-9-15-16-14(10-11-17)12-18-15/h4-5,7-9,12-13,17H,2-3,6,10-11H2,1H3/b7-5-,9-8+. The molecule has 0 radical (unpaired) electrons. The Morgan fingerprint density at radius 1 is 1.50 bits per heavy atom. The van der Waals surface area contributed by atoms with E-state index >= 15 is 0 Å². The summed E-state index contributed by atoms with van der Waals surface area (Å²) in [5, 5.41) is 8.79. The normalized spacial score (nSPS) is 13.4. The Bertz CT molecular complexity index is 404. The lowest BCUT2D eigenvalue weighted by Gasteiger charge is -2.02. The van der Waals surface area contributed by atoms with Gasteiger partial charge in [0.1, 0.15) is 6.26 Å². The van der Waals surface area contributed by atoms with Crippen molar-refractivity contribution in [2.75, 3.05) is 6.61 Å². The molecular weight excluding hydrogens is 226 g/mol.